The van der Waals surface area contributed by atoms with Gasteiger partial charge < -0.3 is 0 Å². The maximum atomic E-state index is 12.6. The quantitative estimate of drug-likeness (QED) is 0.470. The molecule has 0 aliphatic heterocycles. The molecule has 60 valence electrons. The number of rotatable bonds is 1. The molecular weight excluding hydrogens is 173 g/mol. The van der Waals surface area contributed by atoms with Crippen LogP contribution in [0.4, 0.5) is 13.2 Å². The van der Waals surface area contributed by atoms with E-state index < -0.39 is 17.5 Å². The van der Waals surface area contributed by atoms with E-state index in [1.54, 1.807) is 0 Å². The summed E-state index contributed by atoms with van der Waals surface area (Å²) in [5.74, 6) is -2.86. The highest BCUT2D eigenvalue weighted by Crippen LogP contribution is 2.24. The largest absolute Gasteiger partial charge is 0.206 e. The lowest BCUT2D eigenvalue weighted by atomic mass is 10.3. The fourth-order valence-electron chi connectivity index (χ4n) is 0.696. The maximum Gasteiger partial charge on any atom is 0.175 e. The molecule has 0 radical (unpaired) electrons. The number of hydrogen-bond acceptors (Lipinski definition) is 1. The van der Waals surface area contributed by atoms with Crippen LogP contribution in [0.2, 0.25) is 0 Å². The summed E-state index contributed by atoms with van der Waals surface area (Å²) in [4.78, 5) is -0.273. The summed E-state index contributed by atoms with van der Waals surface area (Å²) in [5.41, 5.74) is 0. The minimum absolute atomic E-state index is 0.273. The lowest BCUT2D eigenvalue weighted by Crippen LogP contribution is -1.90. The highest BCUT2D eigenvalue weighted by atomic mass is 32.2. The molecule has 0 aromatic heterocycles. The Bertz CT molecular complexity index is 273. The van der Waals surface area contributed by atoms with Crippen molar-refractivity contribution in [3.8, 4) is 0 Å². The SMILES string of the molecule is CSc1c(F)ccc(F)c1F. The third kappa shape index (κ3) is 1.50. The number of halogens is 3. The van der Waals surface area contributed by atoms with E-state index in [9.17, 15) is 13.2 Å². The van der Waals surface area contributed by atoms with Gasteiger partial charge in [0.2, 0.25) is 0 Å². The third-order valence-corrected chi connectivity index (χ3v) is 1.99. The van der Waals surface area contributed by atoms with Crippen LogP contribution in [0.15, 0.2) is 17.0 Å². The lowest BCUT2D eigenvalue weighted by Gasteiger charge is -2.00. The summed E-state index contributed by atoms with van der Waals surface area (Å²) in [7, 11) is 0. The molecule has 0 saturated carbocycles. The van der Waals surface area contributed by atoms with Crippen LogP contribution < -0.4 is 0 Å². The van der Waals surface area contributed by atoms with Crippen molar-refractivity contribution in [1.29, 1.82) is 0 Å². The summed E-state index contributed by atoms with van der Waals surface area (Å²) in [6.45, 7) is 0. The van der Waals surface area contributed by atoms with Crippen molar-refractivity contribution >= 4 is 11.8 Å². The summed E-state index contributed by atoms with van der Waals surface area (Å²) in [6.07, 6.45) is 1.49. The van der Waals surface area contributed by atoms with Crippen molar-refractivity contribution in [2.75, 3.05) is 6.26 Å². The Morgan fingerprint density at radius 1 is 1.09 bits per heavy atom. The Balaban J connectivity index is 3.29. The van der Waals surface area contributed by atoms with Gasteiger partial charge in [-0.05, 0) is 18.4 Å². The van der Waals surface area contributed by atoms with Gasteiger partial charge in [0, 0.05) is 0 Å². The van der Waals surface area contributed by atoms with Gasteiger partial charge in [0.25, 0.3) is 0 Å². The topological polar surface area (TPSA) is 0 Å². The molecule has 0 fully saturated rings. The molecule has 0 aliphatic carbocycles. The van der Waals surface area contributed by atoms with Gasteiger partial charge in [-0.2, -0.15) is 0 Å². The first kappa shape index (κ1) is 8.46. The summed E-state index contributed by atoms with van der Waals surface area (Å²) in [5, 5.41) is 0. The van der Waals surface area contributed by atoms with E-state index in [4.69, 9.17) is 0 Å². The van der Waals surface area contributed by atoms with Crippen LogP contribution in [0.25, 0.3) is 0 Å². The van der Waals surface area contributed by atoms with Crippen LogP contribution in [-0.4, -0.2) is 6.26 Å². The Hall–Kier alpha value is -0.640. The third-order valence-electron chi connectivity index (χ3n) is 1.21. The molecule has 0 atom stereocenters. The standard InChI is InChI=1S/C7H5F3S/c1-11-7-5(9)3-2-4(8)6(7)10/h2-3H,1H3. The van der Waals surface area contributed by atoms with Crippen LogP contribution in [-0.2, 0) is 0 Å². The van der Waals surface area contributed by atoms with Gasteiger partial charge >= 0.3 is 0 Å². The van der Waals surface area contributed by atoms with Crippen LogP contribution in [0.3, 0.4) is 0 Å². The average Bonchev–Trinajstić information content (AvgIpc) is 1.99. The van der Waals surface area contributed by atoms with E-state index in [0.717, 1.165) is 23.9 Å². The van der Waals surface area contributed by atoms with E-state index in [-0.39, 0.29) is 4.90 Å². The fourth-order valence-corrected chi connectivity index (χ4v) is 1.24. The fraction of sp³-hybridized carbons (Fsp3) is 0.143. The molecule has 1 aromatic carbocycles. The second kappa shape index (κ2) is 3.17. The molecule has 0 nitrogen and oxygen atoms in total. The number of hydrogen-bond donors (Lipinski definition) is 0. The van der Waals surface area contributed by atoms with E-state index in [0.29, 0.717) is 0 Å². The first-order chi connectivity index (χ1) is 5.16. The molecule has 0 spiro atoms. The molecule has 0 unspecified atom stereocenters. The normalized spacial score (nSPS) is 10.2. The van der Waals surface area contributed by atoms with Crippen molar-refractivity contribution in [2.24, 2.45) is 0 Å². The number of thioether (sulfide) groups is 1. The predicted molar refractivity (Wildman–Crippen MR) is 38.1 cm³/mol. The average molecular weight is 178 g/mol. The van der Waals surface area contributed by atoms with Crippen molar-refractivity contribution in [1.82, 2.24) is 0 Å². The first-order valence-electron chi connectivity index (χ1n) is 2.84. The molecule has 0 aliphatic rings. The monoisotopic (exact) mass is 178 g/mol. The smallest absolute Gasteiger partial charge is 0.175 e. The van der Waals surface area contributed by atoms with E-state index >= 15 is 0 Å². The van der Waals surface area contributed by atoms with Crippen LogP contribution >= 0.6 is 11.8 Å². The first-order valence-corrected chi connectivity index (χ1v) is 4.06. The van der Waals surface area contributed by atoms with Gasteiger partial charge in [0.05, 0.1) is 4.90 Å². The highest BCUT2D eigenvalue weighted by molar-refractivity contribution is 7.98. The minimum atomic E-state index is -1.11. The zero-order valence-corrected chi connectivity index (χ0v) is 6.51. The zero-order chi connectivity index (χ0) is 8.43. The van der Waals surface area contributed by atoms with E-state index in [1.807, 2.05) is 0 Å². The number of benzene rings is 1. The highest BCUT2D eigenvalue weighted by Gasteiger charge is 2.11. The molecule has 0 N–H and O–H groups in total. The van der Waals surface area contributed by atoms with Gasteiger partial charge in [-0.1, -0.05) is 0 Å². The summed E-state index contributed by atoms with van der Waals surface area (Å²) >= 11 is 0.846. The molecule has 1 aromatic rings. The molecule has 4 heteroatoms. The molecular formula is C7H5F3S. The van der Waals surface area contributed by atoms with Gasteiger partial charge in [0.15, 0.2) is 11.6 Å². The van der Waals surface area contributed by atoms with Crippen molar-refractivity contribution in [3.05, 3.63) is 29.6 Å². The van der Waals surface area contributed by atoms with E-state index in [1.165, 1.54) is 6.26 Å². The van der Waals surface area contributed by atoms with Gasteiger partial charge in [-0.15, -0.1) is 11.8 Å². The molecule has 0 saturated heterocycles. The second-order valence-electron chi connectivity index (χ2n) is 1.88. The molecule has 0 bridgehead atoms. The summed E-state index contributed by atoms with van der Waals surface area (Å²) in [6, 6.07) is 1.68. The predicted octanol–water partition coefficient (Wildman–Crippen LogP) is 2.83. The minimum Gasteiger partial charge on any atom is -0.206 e. The van der Waals surface area contributed by atoms with Crippen molar-refractivity contribution in [3.63, 3.8) is 0 Å². The van der Waals surface area contributed by atoms with Crippen molar-refractivity contribution in [2.45, 2.75) is 4.90 Å². The van der Waals surface area contributed by atoms with Crippen LogP contribution in [0.1, 0.15) is 0 Å². The van der Waals surface area contributed by atoms with Gasteiger partial charge in [-0.3, -0.25) is 0 Å². The van der Waals surface area contributed by atoms with Crippen LogP contribution in [0, 0.1) is 17.5 Å². The molecule has 0 amide bonds. The van der Waals surface area contributed by atoms with Gasteiger partial charge in [0.1, 0.15) is 5.82 Å². The Kier molecular flexibility index (Phi) is 2.44. The molecule has 11 heavy (non-hydrogen) atoms. The summed E-state index contributed by atoms with van der Waals surface area (Å²) < 4.78 is 37.6. The molecule has 1 rings (SSSR count). The Morgan fingerprint density at radius 2 is 1.64 bits per heavy atom. The second-order valence-corrected chi connectivity index (χ2v) is 2.69. The van der Waals surface area contributed by atoms with E-state index in [2.05, 4.69) is 0 Å². The maximum absolute atomic E-state index is 12.6. The zero-order valence-electron chi connectivity index (χ0n) is 5.70. The Labute approximate surface area is 66.4 Å². The van der Waals surface area contributed by atoms with Crippen LogP contribution in [0.5, 0.6) is 0 Å². The van der Waals surface area contributed by atoms with Crippen molar-refractivity contribution < 1.29 is 13.2 Å². The lowest BCUT2D eigenvalue weighted by molar-refractivity contribution is 0.467. The Morgan fingerprint density at radius 3 is 2.09 bits per heavy atom. The molecule has 0 heterocycles. The van der Waals surface area contributed by atoms with Gasteiger partial charge in [-0.25, -0.2) is 13.2 Å².